The molecule has 0 saturated heterocycles. The average molecular weight is 650 g/mol. The standard InChI is InChI=1S/C32H29N7O2.C5H8F2/c1-22(2)19-39(31-27(40)18-34-28(17-33)36-31)37-32(41)26-15-13-23(14-16-26)20-38-21-35-29(24-9-5-3-6-10-24)30(38)25-11-7-4-8-12-25;1-4(2)5(3,6)7/h3-16,18,21-22,40H,19-20H2,1-2H3,(H,37,41);1H2,2-3H3. The highest BCUT2D eigenvalue weighted by Gasteiger charge is 2.21. The van der Waals surface area contributed by atoms with Gasteiger partial charge < -0.3 is 9.67 Å². The van der Waals surface area contributed by atoms with Crippen molar-refractivity contribution in [2.24, 2.45) is 5.92 Å². The fraction of sp³-hybridized carbons (Fsp3) is 0.216. The van der Waals surface area contributed by atoms with Gasteiger partial charge in [0, 0.05) is 36.7 Å². The van der Waals surface area contributed by atoms with E-state index in [0.717, 1.165) is 41.2 Å². The molecule has 5 rings (SSSR count). The molecule has 2 N–H and O–H groups in total. The molecule has 0 atom stereocenters. The Bertz CT molecular complexity index is 1880. The molecule has 1 amide bonds. The lowest BCUT2D eigenvalue weighted by atomic mass is 10.0. The van der Waals surface area contributed by atoms with Crippen LogP contribution in [0.25, 0.3) is 22.5 Å². The molecule has 48 heavy (non-hydrogen) atoms. The second kappa shape index (κ2) is 15.6. The van der Waals surface area contributed by atoms with Gasteiger partial charge in [0.05, 0.1) is 23.9 Å². The summed E-state index contributed by atoms with van der Waals surface area (Å²) in [5.74, 6) is -3.20. The van der Waals surface area contributed by atoms with Gasteiger partial charge in [0.2, 0.25) is 5.82 Å². The molecule has 0 bridgehead atoms. The van der Waals surface area contributed by atoms with Gasteiger partial charge in [-0.3, -0.25) is 15.2 Å². The van der Waals surface area contributed by atoms with E-state index in [1.807, 2.05) is 74.8 Å². The normalized spacial score (nSPS) is 10.9. The summed E-state index contributed by atoms with van der Waals surface area (Å²) in [4.78, 5) is 25.8. The minimum Gasteiger partial charge on any atom is -0.503 e. The maximum absolute atomic E-state index is 13.2. The largest absolute Gasteiger partial charge is 0.503 e. The molecular weight excluding hydrogens is 612 g/mol. The number of amides is 1. The molecule has 0 spiro atoms. The summed E-state index contributed by atoms with van der Waals surface area (Å²) in [6.45, 7) is 10.1. The van der Waals surface area contributed by atoms with Crippen LogP contribution in [0.5, 0.6) is 5.75 Å². The Morgan fingerprint density at radius 2 is 1.60 bits per heavy atom. The van der Waals surface area contributed by atoms with E-state index in [-0.39, 0.29) is 34.8 Å². The van der Waals surface area contributed by atoms with Crippen LogP contribution in [0.1, 0.15) is 49.4 Å². The molecule has 2 heterocycles. The van der Waals surface area contributed by atoms with Gasteiger partial charge in [0.15, 0.2) is 11.6 Å². The molecular formula is C37H37F2N7O2. The van der Waals surface area contributed by atoms with Crippen molar-refractivity contribution >= 4 is 11.7 Å². The predicted molar refractivity (Wildman–Crippen MR) is 182 cm³/mol. The number of aromatic hydroxyl groups is 1. The van der Waals surface area contributed by atoms with E-state index < -0.39 is 5.92 Å². The van der Waals surface area contributed by atoms with Crippen LogP contribution in [0.3, 0.4) is 0 Å². The first-order valence-corrected chi connectivity index (χ1v) is 15.2. The number of hydrogen-bond acceptors (Lipinski definition) is 7. The predicted octanol–water partition coefficient (Wildman–Crippen LogP) is 7.66. The Labute approximate surface area is 278 Å². The van der Waals surface area contributed by atoms with E-state index in [2.05, 4.69) is 50.8 Å². The van der Waals surface area contributed by atoms with E-state index in [9.17, 15) is 23.9 Å². The molecule has 2 aromatic heterocycles. The summed E-state index contributed by atoms with van der Waals surface area (Å²) in [5, 5.41) is 20.9. The van der Waals surface area contributed by atoms with Gasteiger partial charge in [0.1, 0.15) is 6.07 Å². The van der Waals surface area contributed by atoms with Gasteiger partial charge in [-0.25, -0.2) is 18.7 Å². The number of alkyl halides is 2. The van der Waals surface area contributed by atoms with Gasteiger partial charge in [0.25, 0.3) is 11.8 Å². The van der Waals surface area contributed by atoms with Crippen molar-refractivity contribution in [1.29, 1.82) is 5.26 Å². The van der Waals surface area contributed by atoms with Gasteiger partial charge >= 0.3 is 0 Å². The number of aromatic nitrogens is 4. The molecule has 0 radical (unpaired) electrons. The highest BCUT2D eigenvalue weighted by Crippen LogP contribution is 2.32. The number of halogens is 2. The fourth-order valence-corrected chi connectivity index (χ4v) is 4.52. The van der Waals surface area contributed by atoms with Crippen LogP contribution in [0.15, 0.2) is 110 Å². The average Bonchev–Trinajstić information content (AvgIpc) is 3.49. The smallest absolute Gasteiger partial charge is 0.269 e. The van der Waals surface area contributed by atoms with Crippen LogP contribution < -0.4 is 10.4 Å². The van der Waals surface area contributed by atoms with Crippen LogP contribution in [0.2, 0.25) is 0 Å². The van der Waals surface area contributed by atoms with Crippen LogP contribution in [-0.2, 0) is 6.54 Å². The number of nitrogens with zero attached hydrogens (tertiary/aromatic N) is 6. The summed E-state index contributed by atoms with van der Waals surface area (Å²) >= 11 is 0. The van der Waals surface area contributed by atoms with Gasteiger partial charge in [-0.1, -0.05) is 93.2 Å². The highest BCUT2D eigenvalue weighted by molar-refractivity contribution is 5.95. The van der Waals surface area contributed by atoms with Crippen LogP contribution in [0, 0.1) is 17.2 Å². The third kappa shape index (κ3) is 9.10. The quantitative estimate of drug-likeness (QED) is 0.118. The molecule has 0 aliphatic carbocycles. The molecule has 246 valence electrons. The van der Waals surface area contributed by atoms with Gasteiger partial charge in [-0.15, -0.1) is 0 Å². The zero-order valence-corrected chi connectivity index (χ0v) is 27.2. The number of nitriles is 1. The minimum absolute atomic E-state index is 0.0676. The van der Waals surface area contributed by atoms with E-state index in [4.69, 9.17) is 4.98 Å². The first kappa shape index (κ1) is 35.0. The van der Waals surface area contributed by atoms with E-state index in [1.54, 1.807) is 12.1 Å². The Kier molecular flexibility index (Phi) is 11.4. The van der Waals surface area contributed by atoms with Crippen molar-refractivity contribution in [1.82, 2.24) is 24.9 Å². The summed E-state index contributed by atoms with van der Waals surface area (Å²) in [6.07, 6.45) is 3.00. The number of rotatable bonds is 10. The number of carbonyl (C=O) groups excluding carboxylic acids is 1. The number of imidazole rings is 1. The third-order valence-electron chi connectivity index (χ3n) is 7.14. The molecule has 9 nitrogen and oxygen atoms in total. The third-order valence-corrected chi connectivity index (χ3v) is 7.14. The summed E-state index contributed by atoms with van der Waals surface area (Å²) in [5.41, 5.74) is 8.20. The molecule has 0 aliphatic rings. The molecule has 0 unspecified atom stereocenters. The van der Waals surface area contributed by atoms with Crippen LogP contribution >= 0.6 is 0 Å². The minimum atomic E-state index is -2.69. The Morgan fingerprint density at radius 1 is 1.02 bits per heavy atom. The number of benzene rings is 3. The molecule has 5 aromatic rings. The van der Waals surface area contributed by atoms with E-state index in [1.165, 1.54) is 11.9 Å². The number of hydrogen-bond donors (Lipinski definition) is 2. The van der Waals surface area contributed by atoms with Crippen molar-refractivity contribution in [3.05, 3.63) is 127 Å². The number of carbonyl (C=O) groups is 1. The number of anilines is 1. The number of nitrogens with one attached hydrogen (secondary N) is 1. The van der Waals surface area contributed by atoms with Crippen molar-refractivity contribution in [3.63, 3.8) is 0 Å². The lowest BCUT2D eigenvalue weighted by Gasteiger charge is -2.26. The fourth-order valence-electron chi connectivity index (χ4n) is 4.52. The lowest BCUT2D eigenvalue weighted by molar-refractivity contribution is 0.0640. The zero-order chi connectivity index (χ0) is 34.8. The Hall–Kier alpha value is -5.89. The zero-order valence-electron chi connectivity index (χ0n) is 27.2. The first-order valence-electron chi connectivity index (χ1n) is 15.2. The summed E-state index contributed by atoms with van der Waals surface area (Å²) in [7, 11) is 0. The topological polar surface area (TPSA) is 120 Å². The van der Waals surface area contributed by atoms with Crippen LogP contribution in [-0.4, -0.2) is 43.0 Å². The van der Waals surface area contributed by atoms with Crippen molar-refractivity contribution in [2.75, 3.05) is 11.6 Å². The van der Waals surface area contributed by atoms with Crippen molar-refractivity contribution in [3.8, 4) is 34.3 Å². The maximum Gasteiger partial charge on any atom is 0.269 e. The Morgan fingerprint density at radius 3 is 2.15 bits per heavy atom. The monoisotopic (exact) mass is 649 g/mol. The molecule has 11 heteroatoms. The summed E-state index contributed by atoms with van der Waals surface area (Å²) in [6, 6.07) is 29.5. The number of allylic oxidation sites excluding steroid dienone is 1. The van der Waals surface area contributed by atoms with Crippen molar-refractivity contribution in [2.45, 2.75) is 40.2 Å². The second-order valence-electron chi connectivity index (χ2n) is 11.6. The Balaban J connectivity index is 0.000000671. The molecule has 0 saturated carbocycles. The van der Waals surface area contributed by atoms with Crippen LogP contribution in [0.4, 0.5) is 14.6 Å². The van der Waals surface area contributed by atoms with Crippen molar-refractivity contribution < 1.29 is 18.7 Å². The second-order valence-corrected chi connectivity index (χ2v) is 11.6. The molecule has 0 fully saturated rings. The summed E-state index contributed by atoms with van der Waals surface area (Å²) < 4.78 is 25.6. The SMILES string of the molecule is C=C(C)C(C)(F)F.CC(C)CN(NC(=O)c1ccc(Cn2cnc(-c3ccccc3)c2-c2ccccc2)cc1)c1nc(C#N)ncc1O. The van der Waals surface area contributed by atoms with Gasteiger partial charge in [-0.05, 0) is 36.1 Å². The lowest BCUT2D eigenvalue weighted by Crippen LogP contribution is -2.45. The highest BCUT2D eigenvalue weighted by atomic mass is 19.3. The van der Waals surface area contributed by atoms with E-state index in [0.29, 0.717) is 18.7 Å². The molecule has 3 aromatic carbocycles. The number of hydrazine groups is 1. The molecule has 0 aliphatic heterocycles. The first-order chi connectivity index (χ1) is 22.9. The van der Waals surface area contributed by atoms with Gasteiger partial charge in [-0.2, -0.15) is 10.2 Å². The van der Waals surface area contributed by atoms with E-state index >= 15 is 0 Å². The maximum atomic E-state index is 13.2.